The quantitative estimate of drug-likeness (QED) is 0.0492. The second-order valence-corrected chi connectivity index (χ2v) is 19.5. The van der Waals surface area contributed by atoms with Crippen molar-refractivity contribution in [2.45, 2.75) is 71.2 Å². The fraction of sp³-hybridized carbons (Fsp3) is 0.422. The lowest BCUT2D eigenvalue weighted by Gasteiger charge is -2.34. The number of benzene rings is 4. The number of unbranched alkanes of at least 4 members (excludes halogenated alkanes) is 1. The number of nitrogens with one attached hydrogen (secondary N) is 2. The van der Waals surface area contributed by atoms with Crippen molar-refractivity contribution in [3.05, 3.63) is 103 Å². The van der Waals surface area contributed by atoms with Crippen LogP contribution >= 0.6 is 0 Å². The smallest absolute Gasteiger partial charge is 0.265 e. The molecule has 2 saturated heterocycles. The molecule has 0 atom stereocenters. The number of carbonyl (C=O) groups is 2. The number of hydrogen-bond acceptors (Lipinski definition) is 15. The highest BCUT2D eigenvalue weighted by atomic mass is 32.2. The van der Waals surface area contributed by atoms with Gasteiger partial charge >= 0.3 is 0 Å². The third-order valence-corrected chi connectivity index (χ3v) is 15.9. The number of ether oxygens (including phenoxy) is 7. The van der Waals surface area contributed by atoms with E-state index in [1.54, 1.807) is 31.4 Å². The van der Waals surface area contributed by atoms with Gasteiger partial charge in [0.1, 0.15) is 28.7 Å². The van der Waals surface area contributed by atoms with Gasteiger partial charge in [0.05, 0.1) is 43.3 Å². The van der Waals surface area contributed by atoms with E-state index in [0.29, 0.717) is 44.3 Å². The fourth-order valence-electron chi connectivity index (χ4n) is 7.05. The van der Waals surface area contributed by atoms with E-state index in [-0.39, 0.29) is 61.9 Å². The normalized spacial score (nSPS) is 15.6. The van der Waals surface area contributed by atoms with Crippen LogP contribution in [0.2, 0.25) is 0 Å². The number of carbonyl (C=O) groups excluding carboxylic acids is 2. The molecule has 2 heterocycles. The van der Waals surface area contributed by atoms with Crippen molar-refractivity contribution >= 4 is 31.5 Å². The first-order chi connectivity index (χ1) is 30.8. The van der Waals surface area contributed by atoms with Gasteiger partial charge in [-0.25, -0.2) is 27.8 Å². The van der Waals surface area contributed by atoms with Crippen LogP contribution in [0, 0.1) is 6.92 Å². The number of hydroxylamine groups is 2. The van der Waals surface area contributed by atoms with E-state index in [1.165, 1.54) is 40.8 Å². The second-order valence-electron chi connectivity index (χ2n) is 15.0. The topological polar surface area (TPSA) is 232 Å². The Bertz CT molecular complexity index is 2300. The molecule has 64 heavy (non-hydrogen) atoms. The summed E-state index contributed by atoms with van der Waals surface area (Å²) in [5, 5.41) is 18.2. The summed E-state index contributed by atoms with van der Waals surface area (Å²) >= 11 is 0. The number of sulfone groups is 2. The summed E-state index contributed by atoms with van der Waals surface area (Å²) in [5.41, 5.74) is 4.18. The molecular formula is C45H56N2O15S2. The van der Waals surface area contributed by atoms with Crippen LogP contribution in [0.25, 0.3) is 0 Å². The molecule has 4 aromatic rings. The first kappa shape index (κ1) is 49.6. The minimum absolute atomic E-state index is 0.00626. The summed E-state index contributed by atoms with van der Waals surface area (Å²) in [6.07, 6.45) is 2.10. The van der Waals surface area contributed by atoms with Crippen molar-refractivity contribution < 1.29 is 70.0 Å². The highest BCUT2D eigenvalue weighted by Crippen LogP contribution is 2.37. The molecule has 2 amide bonds. The summed E-state index contributed by atoms with van der Waals surface area (Å²) < 4.78 is 87.5. The van der Waals surface area contributed by atoms with Crippen LogP contribution in [0.5, 0.6) is 28.7 Å². The van der Waals surface area contributed by atoms with Gasteiger partial charge in [0.15, 0.2) is 29.2 Å². The van der Waals surface area contributed by atoms with E-state index < -0.39 is 41.0 Å². The molecule has 19 heteroatoms. The van der Waals surface area contributed by atoms with Crippen molar-refractivity contribution in [2.24, 2.45) is 0 Å². The Balaban J connectivity index is 0.000000241. The van der Waals surface area contributed by atoms with E-state index in [4.69, 9.17) is 43.6 Å². The average molecular weight is 929 g/mol. The zero-order valence-electron chi connectivity index (χ0n) is 35.9. The molecule has 0 aliphatic carbocycles. The minimum Gasteiger partial charge on any atom is -0.497 e. The van der Waals surface area contributed by atoms with Gasteiger partial charge in [-0.05, 0) is 130 Å². The second kappa shape index (κ2) is 23.5. The SMILES string of the molecule is COc1ccc(OCCCCOc2ccc(S(=O)(=O)C3(C(=O)NO)CCOCC3)cc2)cc1.Cc1ccc(OCCCOc2ccc(S(=O)(=O)C3(C(=O)NO)CCOCC3)cc2)cc1. The maximum absolute atomic E-state index is 13.2. The lowest BCUT2D eigenvalue weighted by Crippen LogP contribution is -2.54. The van der Waals surface area contributed by atoms with Crippen molar-refractivity contribution in [3.63, 3.8) is 0 Å². The maximum atomic E-state index is 13.2. The highest BCUT2D eigenvalue weighted by Gasteiger charge is 2.53. The Hall–Kier alpha value is -5.44. The number of amides is 2. The van der Waals surface area contributed by atoms with Gasteiger partial charge in [-0.15, -0.1) is 0 Å². The first-order valence-corrected chi connectivity index (χ1v) is 23.7. The third-order valence-electron chi connectivity index (χ3n) is 10.9. The van der Waals surface area contributed by atoms with Gasteiger partial charge < -0.3 is 33.2 Å². The van der Waals surface area contributed by atoms with Crippen LogP contribution in [0.1, 0.15) is 50.5 Å². The molecule has 2 fully saturated rings. The summed E-state index contributed by atoms with van der Waals surface area (Å²) in [6.45, 7) is 4.41. The number of rotatable bonds is 20. The van der Waals surface area contributed by atoms with Gasteiger partial charge in [-0.2, -0.15) is 0 Å². The molecule has 4 aromatic carbocycles. The van der Waals surface area contributed by atoms with Gasteiger partial charge in [0, 0.05) is 32.8 Å². The maximum Gasteiger partial charge on any atom is 0.265 e. The zero-order chi connectivity index (χ0) is 46.1. The van der Waals surface area contributed by atoms with Crippen molar-refractivity contribution in [1.29, 1.82) is 0 Å². The average Bonchev–Trinajstić information content (AvgIpc) is 3.33. The number of hydrogen-bond donors (Lipinski definition) is 4. The molecule has 0 aromatic heterocycles. The lowest BCUT2D eigenvalue weighted by molar-refractivity contribution is -0.135. The van der Waals surface area contributed by atoms with Crippen LogP contribution in [0.4, 0.5) is 0 Å². The van der Waals surface area contributed by atoms with Crippen LogP contribution < -0.4 is 34.6 Å². The van der Waals surface area contributed by atoms with Gasteiger partial charge in [-0.1, -0.05) is 17.7 Å². The van der Waals surface area contributed by atoms with Crippen molar-refractivity contribution in [2.75, 3.05) is 60.0 Å². The van der Waals surface area contributed by atoms with E-state index in [9.17, 15) is 26.4 Å². The molecule has 4 N–H and O–H groups in total. The molecule has 348 valence electrons. The molecule has 0 spiro atoms. The molecule has 2 aliphatic rings. The minimum atomic E-state index is -4.05. The molecular weight excluding hydrogens is 873 g/mol. The fourth-order valence-corrected chi connectivity index (χ4v) is 10.9. The zero-order valence-corrected chi connectivity index (χ0v) is 37.5. The molecule has 0 radical (unpaired) electrons. The predicted molar refractivity (Wildman–Crippen MR) is 233 cm³/mol. The summed E-state index contributed by atoms with van der Waals surface area (Å²) in [4.78, 5) is 24.5. The van der Waals surface area contributed by atoms with E-state index in [0.717, 1.165) is 30.1 Å². The van der Waals surface area contributed by atoms with Gasteiger partial charge in [-0.3, -0.25) is 20.0 Å². The molecule has 0 unspecified atom stereocenters. The van der Waals surface area contributed by atoms with E-state index >= 15 is 0 Å². The summed E-state index contributed by atoms with van der Waals surface area (Å²) in [7, 11) is -6.48. The Morgan fingerprint density at radius 2 is 0.812 bits per heavy atom. The van der Waals surface area contributed by atoms with Crippen molar-refractivity contribution in [3.8, 4) is 28.7 Å². The van der Waals surface area contributed by atoms with E-state index in [2.05, 4.69) is 0 Å². The monoisotopic (exact) mass is 928 g/mol. The van der Waals surface area contributed by atoms with Crippen LogP contribution in [0.3, 0.4) is 0 Å². The Labute approximate surface area is 373 Å². The Kier molecular flexibility index (Phi) is 18.2. The third kappa shape index (κ3) is 12.2. The van der Waals surface area contributed by atoms with Gasteiger partial charge in [0.2, 0.25) is 0 Å². The molecule has 0 bridgehead atoms. The lowest BCUT2D eigenvalue weighted by atomic mass is 9.98. The van der Waals surface area contributed by atoms with Crippen LogP contribution in [-0.2, 0) is 38.7 Å². The van der Waals surface area contributed by atoms with Crippen LogP contribution in [-0.4, -0.2) is 109 Å². The standard InChI is InChI=1S/C23H29NO8S.C22H27NO7S/c1-29-18-4-6-19(7-5-18)31-14-2-3-15-32-20-8-10-21(11-9-20)33(27,28)23(22(25)24-26)12-16-30-17-13-23;1-17-3-5-18(6-4-17)29-13-2-14-30-19-7-9-20(10-8-19)31(26,27)22(21(24)23-25)11-15-28-16-12-22/h4-11,26H,2-3,12-17H2,1H3,(H,24,25);3-10,25H,2,11-16H2,1H3,(H,23,24). The first-order valence-electron chi connectivity index (χ1n) is 20.8. The summed E-state index contributed by atoms with van der Waals surface area (Å²) in [6, 6.07) is 27.0. The molecule has 6 rings (SSSR count). The summed E-state index contributed by atoms with van der Waals surface area (Å²) in [5.74, 6) is 1.50. The van der Waals surface area contributed by atoms with Gasteiger partial charge in [0.25, 0.3) is 11.8 Å². The molecule has 0 saturated carbocycles. The van der Waals surface area contributed by atoms with E-state index in [1.807, 2.05) is 55.5 Å². The number of methoxy groups -OCH3 is 1. The van der Waals surface area contributed by atoms with Crippen molar-refractivity contribution in [1.82, 2.24) is 11.0 Å². The molecule has 17 nitrogen and oxygen atoms in total. The largest absolute Gasteiger partial charge is 0.497 e. The Morgan fingerprint density at radius 1 is 0.516 bits per heavy atom. The number of aryl methyl sites for hydroxylation is 1. The predicted octanol–water partition coefficient (Wildman–Crippen LogP) is 5.43. The highest BCUT2D eigenvalue weighted by molar-refractivity contribution is 7.94. The molecule has 2 aliphatic heterocycles. The Morgan fingerprint density at radius 3 is 1.14 bits per heavy atom. The van der Waals surface area contributed by atoms with Crippen LogP contribution in [0.15, 0.2) is 107 Å².